The highest BCUT2D eigenvalue weighted by Gasteiger charge is 2.37. The Kier molecular flexibility index (Phi) is 3.83. The third kappa shape index (κ3) is 3.49. The van der Waals surface area contributed by atoms with E-state index in [1.165, 1.54) is 5.56 Å². The van der Waals surface area contributed by atoms with Gasteiger partial charge in [-0.05, 0) is 50.8 Å². The maximum atomic E-state index is 10.1. The summed E-state index contributed by atoms with van der Waals surface area (Å²) < 4.78 is 5.88. The summed E-state index contributed by atoms with van der Waals surface area (Å²) in [5, 5.41) is 10.1. The van der Waals surface area contributed by atoms with Crippen LogP contribution in [0.2, 0.25) is 0 Å². The lowest BCUT2D eigenvalue weighted by Gasteiger charge is -2.37. The third-order valence-electron chi connectivity index (χ3n) is 3.57. The molecule has 0 saturated heterocycles. The van der Waals surface area contributed by atoms with Crippen LogP contribution in [-0.2, 0) is 5.41 Å². The minimum absolute atomic E-state index is 0.143. The van der Waals surface area contributed by atoms with E-state index in [1.807, 2.05) is 26.0 Å². The second kappa shape index (κ2) is 4.58. The van der Waals surface area contributed by atoms with Crippen LogP contribution >= 0.6 is 0 Å². The van der Waals surface area contributed by atoms with Gasteiger partial charge in [-0.2, -0.15) is 0 Å². The van der Waals surface area contributed by atoms with Crippen molar-refractivity contribution in [3.63, 3.8) is 0 Å². The minimum atomic E-state index is -0.893. The summed E-state index contributed by atoms with van der Waals surface area (Å²) in [6.07, 6.45) is 0. The van der Waals surface area contributed by atoms with Crippen molar-refractivity contribution >= 4 is 0 Å². The molecule has 0 atom stereocenters. The van der Waals surface area contributed by atoms with Crippen LogP contribution in [0.5, 0.6) is 5.75 Å². The van der Waals surface area contributed by atoms with Crippen molar-refractivity contribution in [2.24, 2.45) is 0 Å². The van der Waals surface area contributed by atoms with Crippen LogP contribution in [0.25, 0.3) is 0 Å². The van der Waals surface area contributed by atoms with Crippen LogP contribution in [0.1, 0.15) is 54.0 Å². The Balaban J connectivity index is 2.89. The third-order valence-corrected chi connectivity index (χ3v) is 3.57. The molecule has 18 heavy (non-hydrogen) atoms. The topological polar surface area (TPSA) is 29.5 Å². The molecule has 1 aromatic rings. The fraction of sp³-hybridized carbons (Fsp3) is 0.625. The second-order valence-corrected chi connectivity index (χ2v) is 6.95. The minimum Gasteiger partial charge on any atom is -0.485 e. The van der Waals surface area contributed by atoms with Crippen molar-refractivity contribution < 1.29 is 9.84 Å². The molecule has 0 heterocycles. The normalized spacial score (nSPS) is 13.6. The van der Waals surface area contributed by atoms with E-state index in [1.54, 1.807) is 13.8 Å². The number of hydrogen-bond acceptors (Lipinski definition) is 2. The van der Waals surface area contributed by atoms with Gasteiger partial charge < -0.3 is 9.84 Å². The molecule has 2 nitrogen and oxygen atoms in total. The van der Waals surface area contributed by atoms with Crippen molar-refractivity contribution in [2.75, 3.05) is 0 Å². The molecule has 0 aliphatic rings. The molecule has 0 amide bonds. The molecule has 1 N–H and O–H groups in total. The van der Waals surface area contributed by atoms with Crippen LogP contribution in [0.3, 0.4) is 0 Å². The Morgan fingerprint density at radius 3 is 1.61 bits per heavy atom. The number of benzene rings is 1. The standard InChI is InChI=1S/C16H26O2/c1-14(2,3)12-8-10-13(11-9-12)18-16(6,7)15(4,5)17/h8-11,17H,1-7H3. The van der Waals surface area contributed by atoms with Crippen LogP contribution < -0.4 is 4.74 Å². The van der Waals surface area contributed by atoms with Gasteiger partial charge in [-0.3, -0.25) is 0 Å². The summed E-state index contributed by atoms with van der Waals surface area (Å²) in [7, 11) is 0. The number of hydrogen-bond donors (Lipinski definition) is 1. The van der Waals surface area contributed by atoms with E-state index in [-0.39, 0.29) is 5.41 Å². The Morgan fingerprint density at radius 1 is 0.833 bits per heavy atom. The molecule has 0 radical (unpaired) electrons. The van der Waals surface area contributed by atoms with Crippen LogP contribution in [0.4, 0.5) is 0 Å². The van der Waals surface area contributed by atoms with Gasteiger partial charge in [-0.1, -0.05) is 32.9 Å². The van der Waals surface area contributed by atoms with E-state index >= 15 is 0 Å². The Bertz CT molecular complexity index is 389. The van der Waals surface area contributed by atoms with Gasteiger partial charge >= 0.3 is 0 Å². The highest BCUT2D eigenvalue weighted by Crippen LogP contribution is 2.29. The highest BCUT2D eigenvalue weighted by atomic mass is 16.5. The SMILES string of the molecule is CC(C)(C)c1ccc(OC(C)(C)C(C)(C)O)cc1. The first-order valence-corrected chi connectivity index (χ1v) is 6.45. The molecule has 0 spiro atoms. The Hall–Kier alpha value is -1.02. The predicted octanol–water partition coefficient (Wildman–Crippen LogP) is 3.91. The van der Waals surface area contributed by atoms with E-state index in [0.29, 0.717) is 0 Å². The fourth-order valence-corrected chi connectivity index (χ4v) is 1.44. The van der Waals surface area contributed by atoms with Crippen LogP contribution in [0, 0.1) is 0 Å². The van der Waals surface area contributed by atoms with E-state index in [2.05, 4.69) is 32.9 Å². The molecule has 102 valence electrons. The molecule has 0 bridgehead atoms. The lowest BCUT2D eigenvalue weighted by molar-refractivity contribution is -0.0906. The molecule has 2 heteroatoms. The van der Waals surface area contributed by atoms with Crippen molar-refractivity contribution in [2.45, 2.75) is 65.1 Å². The monoisotopic (exact) mass is 250 g/mol. The molecule has 0 aliphatic carbocycles. The quantitative estimate of drug-likeness (QED) is 0.881. The van der Waals surface area contributed by atoms with Crippen LogP contribution in [0.15, 0.2) is 24.3 Å². The predicted molar refractivity (Wildman–Crippen MR) is 76.1 cm³/mol. The van der Waals surface area contributed by atoms with E-state index in [4.69, 9.17) is 4.74 Å². The zero-order valence-corrected chi connectivity index (χ0v) is 12.7. The molecule has 1 aromatic carbocycles. The number of aliphatic hydroxyl groups is 1. The summed E-state index contributed by atoms with van der Waals surface area (Å²) in [6.45, 7) is 13.9. The Morgan fingerprint density at radius 2 is 1.28 bits per heavy atom. The molecular formula is C16H26O2. The van der Waals surface area contributed by atoms with Crippen molar-refractivity contribution in [3.05, 3.63) is 29.8 Å². The molecule has 0 unspecified atom stereocenters. The summed E-state index contributed by atoms with van der Waals surface area (Å²) in [6, 6.07) is 8.09. The van der Waals surface area contributed by atoms with Gasteiger partial charge in [0, 0.05) is 0 Å². The first-order chi connectivity index (χ1) is 7.93. The smallest absolute Gasteiger partial charge is 0.131 e. The summed E-state index contributed by atoms with van der Waals surface area (Å²) in [5.41, 5.74) is -0.105. The van der Waals surface area contributed by atoms with Crippen molar-refractivity contribution in [1.29, 1.82) is 0 Å². The first-order valence-electron chi connectivity index (χ1n) is 6.45. The maximum absolute atomic E-state index is 10.1. The second-order valence-electron chi connectivity index (χ2n) is 6.95. The van der Waals surface area contributed by atoms with Crippen molar-refractivity contribution in [1.82, 2.24) is 0 Å². The van der Waals surface area contributed by atoms with Gasteiger partial charge in [0.25, 0.3) is 0 Å². The lowest BCUT2D eigenvalue weighted by atomic mass is 9.87. The highest BCUT2D eigenvalue weighted by molar-refractivity contribution is 5.31. The molecule has 0 saturated carbocycles. The largest absolute Gasteiger partial charge is 0.485 e. The zero-order chi connectivity index (χ0) is 14.2. The van der Waals surface area contributed by atoms with Crippen LogP contribution in [-0.4, -0.2) is 16.3 Å². The molecule has 1 rings (SSSR count). The van der Waals surface area contributed by atoms with E-state index in [9.17, 15) is 5.11 Å². The summed E-state index contributed by atoms with van der Waals surface area (Å²) in [5.74, 6) is 0.787. The van der Waals surface area contributed by atoms with E-state index in [0.717, 1.165) is 5.75 Å². The average molecular weight is 250 g/mol. The van der Waals surface area contributed by atoms with Gasteiger partial charge in [-0.25, -0.2) is 0 Å². The van der Waals surface area contributed by atoms with E-state index < -0.39 is 11.2 Å². The van der Waals surface area contributed by atoms with Gasteiger partial charge in [-0.15, -0.1) is 0 Å². The zero-order valence-electron chi connectivity index (χ0n) is 12.7. The summed E-state index contributed by atoms with van der Waals surface area (Å²) >= 11 is 0. The molecule has 0 fully saturated rings. The molecule has 0 aliphatic heterocycles. The fourth-order valence-electron chi connectivity index (χ4n) is 1.44. The molecule has 0 aromatic heterocycles. The number of rotatable bonds is 3. The first kappa shape index (κ1) is 15.0. The van der Waals surface area contributed by atoms with Gasteiger partial charge in [0.15, 0.2) is 0 Å². The number of ether oxygens (including phenoxy) is 1. The van der Waals surface area contributed by atoms with Gasteiger partial charge in [0.1, 0.15) is 11.4 Å². The molecular weight excluding hydrogens is 224 g/mol. The average Bonchev–Trinajstić information content (AvgIpc) is 2.14. The lowest BCUT2D eigenvalue weighted by Crippen LogP contribution is -2.49. The van der Waals surface area contributed by atoms with Gasteiger partial charge in [0.05, 0.1) is 5.60 Å². The van der Waals surface area contributed by atoms with Crippen molar-refractivity contribution in [3.8, 4) is 5.75 Å². The Labute approximate surface area is 111 Å². The maximum Gasteiger partial charge on any atom is 0.131 e. The summed E-state index contributed by atoms with van der Waals surface area (Å²) in [4.78, 5) is 0. The van der Waals surface area contributed by atoms with Gasteiger partial charge in [0.2, 0.25) is 0 Å².